The maximum Gasteiger partial charge on any atom is 0.00672 e. The standard InChI is InChI=1S/C10H21N/c1-8(2)7-9-5-3-4-6-10(9)11/h8-10H,3-7,11H2,1-2H3/t9-,10+/m0/s1. The van der Waals surface area contributed by atoms with Crippen LogP contribution in [0.3, 0.4) is 0 Å². The molecule has 11 heavy (non-hydrogen) atoms. The average Bonchev–Trinajstić information content (AvgIpc) is 1.93. The fourth-order valence-corrected chi connectivity index (χ4v) is 2.13. The number of nitrogens with two attached hydrogens (primary N) is 1. The summed E-state index contributed by atoms with van der Waals surface area (Å²) < 4.78 is 0. The molecule has 0 saturated heterocycles. The summed E-state index contributed by atoms with van der Waals surface area (Å²) in [6, 6.07) is 0.506. The van der Waals surface area contributed by atoms with Crippen LogP contribution in [0, 0.1) is 11.8 Å². The number of rotatable bonds is 2. The molecule has 1 aliphatic rings. The lowest BCUT2D eigenvalue weighted by molar-refractivity contribution is 0.265. The zero-order chi connectivity index (χ0) is 8.27. The molecular formula is C10H21N. The second-order valence-electron chi connectivity index (χ2n) is 4.34. The highest BCUT2D eigenvalue weighted by Crippen LogP contribution is 2.27. The summed E-state index contributed by atoms with van der Waals surface area (Å²) in [5.74, 6) is 1.65. The van der Waals surface area contributed by atoms with Crippen molar-refractivity contribution in [2.75, 3.05) is 0 Å². The Morgan fingerprint density at radius 3 is 2.45 bits per heavy atom. The fraction of sp³-hybridized carbons (Fsp3) is 1.00. The molecule has 2 N–H and O–H groups in total. The Hall–Kier alpha value is -0.0400. The van der Waals surface area contributed by atoms with E-state index in [1.165, 1.54) is 32.1 Å². The van der Waals surface area contributed by atoms with Gasteiger partial charge in [0.1, 0.15) is 0 Å². The smallest absolute Gasteiger partial charge is 0.00672 e. The first-order chi connectivity index (χ1) is 5.20. The Bertz CT molecular complexity index is 109. The van der Waals surface area contributed by atoms with Crippen molar-refractivity contribution in [2.45, 2.75) is 52.0 Å². The molecule has 0 aromatic carbocycles. The molecule has 1 fully saturated rings. The Morgan fingerprint density at radius 1 is 1.27 bits per heavy atom. The highest BCUT2D eigenvalue weighted by Gasteiger charge is 2.21. The summed E-state index contributed by atoms with van der Waals surface area (Å²) in [5.41, 5.74) is 6.03. The molecular weight excluding hydrogens is 134 g/mol. The lowest BCUT2D eigenvalue weighted by Crippen LogP contribution is -2.33. The van der Waals surface area contributed by atoms with Gasteiger partial charge in [-0.25, -0.2) is 0 Å². The normalized spacial score (nSPS) is 32.7. The van der Waals surface area contributed by atoms with E-state index < -0.39 is 0 Å². The van der Waals surface area contributed by atoms with Crippen molar-refractivity contribution < 1.29 is 0 Å². The van der Waals surface area contributed by atoms with E-state index in [1.54, 1.807) is 0 Å². The minimum Gasteiger partial charge on any atom is -0.327 e. The first kappa shape index (κ1) is 9.05. The first-order valence-electron chi connectivity index (χ1n) is 4.95. The summed E-state index contributed by atoms with van der Waals surface area (Å²) >= 11 is 0. The highest BCUT2D eigenvalue weighted by molar-refractivity contribution is 4.78. The van der Waals surface area contributed by atoms with E-state index in [-0.39, 0.29) is 0 Å². The quantitative estimate of drug-likeness (QED) is 0.651. The first-order valence-corrected chi connectivity index (χ1v) is 4.95. The van der Waals surface area contributed by atoms with Gasteiger partial charge in [-0.1, -0.05) is 26.7 Å². The Kier molecular flexibility index (Phi) is 3.38. The van der Waals surface area contributed by atoms with Crippen LogP contribution in [0.5, 0.6) is 0 Å². The second kappa shape index (κ2) is 4.10. The Labute approximate surface area is 70.4 Å². The van der Waals surface area contributed by atoms with E-state index in [0.717, 1.165) is 11.8 Å². The lowest BCUT2D eigenvalue weighted by atomic mass is 9.80. The topological polar surface area (TPSA) is 26.0 Å². The maximum atomic E-state index is 6.03. The van der Waals surface area contributed by atoms with Crippen LogP contribution in [0.4, 0.5) is 0 Å². The van der Waals surface area contributed by atoms with Crippen LogP contribution in [-0.2, 0) is 0 Å². The zero-order valence-corrected chi connectivity index (χ0v) is 7.84. The molecule has 1 rings (SSSR count). The third-order valence-corrected chi connectivity index (χ3v) is 2.74. The van der Waals surface area contributed by atoms with Crippen LogP contribution >= 0.6 is 0 Å². The number of hydrogen-bond acceptors (Lipinski definition) is 1. The monoisotopic (exact) mass is 155 g/mol. The molecule has 1 heteroatoms. The van der Waals surface area contributed by atoms with Gasteiger partial charge in [-0.2, -0.15) is 0 Å². The van der Waals surface area contributed by atoms with Gasteiger partial charge in [-0.3, -0.25) is 0 Å². The van der Waals surface area contributed by atoms with Crippen molar-refractivity contribution in [3.05, 3.63) is 0 Å². The van der Waals surface area contributed by atoms with Gasteiger partial charge in [0.15, 0.2) is 0 Å². The van der Waals surface area contributed by atoms with Gasteiger partial charge >= 0.3 is 0 Å². The van der Waals surface area contributed by atoms with Crippen LogP contribution < -0.4 is 5.73 Å². The van der Waals surface area contributed by atoms with Crippen LogP contribution in [0.1, 0.15) is 46.0 Å². The van der Waals surface area contributed by atoms with Gasteiger partial charge in [0.25, 0.3) is 0 Å². The summed E-state index contributed by atoms with van der Waals surface area (Å²) in [4.78, 5) is 0. The van der Waals surface area contributed by atoms with Crippen LogP contribution in [-0.4, -0.2) is 6.04 Å². The third kappa shape index (κ3) is 2.82. The van der Waals surface area contributed by atoms with Crippen molar-refractivity contribution in [2.24, 2.45) is 17.6 Å². The van der Waals surface area contributed by atoms with E-state index in [1.807, 2.05) is 0 Å². The molecule has 0 aliphatic heterocycles. The Morgan fingerprint density at radius 2 is 1.91 bits per heavy atom. The van der Waals surface area contributed by atoms with Crippen molar-refractivity contribution in [3.63, 3.8) is 0 Å². The summed E-state index contributed by atoms with van der Waals surface area (Å²) in [7, 11) is 0. The van der Waals surface area contributed by atoms with Crippen molar-refractivity contribution in [3.8, 4) is 0 Å². The molecule has 1 saturated carbocycles. The van der Waals surface area contributed by atoms with Crippen LogP contribution in [0.25, 0.3) is 0 Å². The minimum atomic E-state index is 0.506. The van der Waals surface area contributed by atoms with E-state index in [4.69, 9.17) is 5.73 Å². The van der Waals surface area contributed by atoms with Gasteiger partial charge in [-0.05, 0) is 31.1 Å². The zero-order valence-electron chi connectivity index (χ0n) is 7.84. The molecule has 66 valence electrons. The van der Waals surface area contributed by atoms with Gasteiger partial charge in [-0.15, -0.1) is 0 Å². The highest BCUT2D eigenvalue weighted by atomic mass is 14.7. The third-order valence-electron chi connectivity index (χ3n) is 2.74. The summed E-state index contributed by atoms with van der Waals surface area (Å²) in [6.45, 7) is 4.59. The SMILES string of the molecule is CC(C)C[C@@H]1CCCC[C@H]1N. The summed E-state index contributed by atoms with van der Waals surface area (Å²) in [5, 5.41) is 0. The van der Waals surface area contributed by atoms with Gasteiger partial charge in [0, 0.05) is 6.04 Å². The van der Waals surface area contributed by atoms with E-state index in [9.17, 15) is 0 Å². The Balaban J connectivity index is 2.29. The van der Waals surface area contributed by atoms with Crippen molar-refractivity contribution in [1.82, 2.24) is 0 Å². The second-order valence-corrected chi connectivity index (χ2v) is 4.34. The van der Waals surface area contributed by atoms with E-state index in [0.29, 0.717) is 6.04 Å². The average molecular weight is 155 g/mol. The molecule has 0 aromatic heterocycles. The molecule has 1 nitrogen and oxygen atoms in total. The molecule has 0 heterocycles. The molecule has 0 bridgehead atoms. The van der Waals surface area contributed by atoms with Crippen LogP contribution in [0.2, 0.25) is 0 Å². The fourth-order valence-electron chi connectivity index (χ4n) is 2.13. The lowest BCUT2D eigenvalue weighted by Gasteiger charge is -2.29. The predicted octanol–water partition coefficient (Wildman–Crippen LogP) is 2.55. The van der Waals surface area contributed by atoms with Crippen molar-refractivity contribution in [1.29, 1.82) is 0 Å². The van der Waals surface area contributed by atoms with Crippen LogP contribution in [0.15, 0.2) is 0 Å². The number of hydrogen-bond donors (Lipinski definition) is 1. The van der Waals surface area contributed by atoms with E-state index in [2.05, 4.69) is 13.8 Å². The molecule has 0 amide bonds. The molecule has 0 aromatic rings. The largest absolute Gasteiger partial charge is 0.327 e. The molecule has 1 aliphatic carbocycles. The molecule has 0 spiro atoms. The maximum absolute atomic E-state index is 6.03. The van der Waals surface area contributed by atoms with Gasteiger partial charge in [0.2, 0.25) is 0 Å². The summed E-state index contributed by atoms with van der Waals surface area (Å²) in [6.07, 6.45) is 6.73. The van der Waals surface area contributed by atoms with E-state index >= 15 is 0 Å². The minimum absolute atomic E-state index is 0.506. The molecule has 0 radical (unpaired) electrons. The molecule has 2 atom stereocenters. The predicted molar refractivity (Wildman–Crippen MR) is 49.4 cm³/mol. The van der Waals surface area contributed by atoms with Crippen molar-refractivity contribution >= 4 is 0 Å². The van der Waals surface area contributed by atoms with Gasteiger partial charge in [0.05, 0.1) is 0 Å². The molecule has 0 unspecified atom stereocenters. The van der Waals surface area contributed by atoms with Gasteiger partial charge < -0.3 is 5.73 Å².